The molecular weight excluding hydrogens is 202 g/mol. The molecule has 16 heavy (non-hydrogen) atoms. The van der Waals surface area contributed by atoms with Crippen LogP contribution in [0.1, 0.15) is 17.2 Å². The second kappa shape index (κ2) is 4.77. The van der Waals surface area contributed by atoms with E-state index in [1.165, 1.54) is 0 Å². The SMILES string of the molecule is COc1cccc([C@H](O)c2ccncc2)c1. The number of hydrogen-bond donors (Lipinski definition) is 1. The van der Waals surface area contributed by atoms with Crippen LogP contribution in [-0.2, 0) is 0 Å². The van der Waals surface area contributed by atoms with Gasteiger partial charge in [-0.25, -0.2) is 0 Å². The lowest BCUT2D eigenvalue weighted by atomic mass is 10.0. The topological polar surface area (TPSA) is 42.4 Å². The molecule has 0 bridgehead atoms. The van der Waals surface area contributed by atoms with Crippen molar-refractivity contribution in [2.24, 2.45) is 0 Å². The number of pyridine rings is 1. The van der Waals surface area contributed by atoms with E-state index in [0.717, 1.165) is 16.9 Å². The summed E-state index contributed by atoms with van der Waals surface area (Å²) in [6, 6.07) is 11.0. The van der Waals surface area contributed by atoms with Gasteiger partial charge in [-0.15, -0.1) is 0 Å². The molecule has 0 amide bonds. The van der Waals surface area contributed by atoms with Gasteiger partial charge in [-0.05, 0) is 35.4 Å². The molecule has 2 rings (SSSR count). The molecule has 0 fully saturated rings. The summed E-state index contributed by atoms with van der Waals surface area (Å²) in [5.41, 5.74) is 1.63. The molecule has 1 aromatic carbocycles. The van der Waals surface area contributed by atoms with Gasteiger partial charge in [0.2, 0.25) is 0 Å². The van der Waals surface area contributed by atoms with E-state index >= 15 is 0 Å². The highest BCUT2D eigenvalue weighted by atomic mass is 16.5. The van der Waals surface area contributed by atoms with Crippen LogP contribution in [0.25, 0.3) is 0 Å². The summed E-state index contributed by atoms with van der Waals surface area (Å²) in [4.78, 5) is 3.92. The molecule has 1 N–H and O–H groups in total. The molecule has 82 valence electrons. The van der Waals surface area contributed by atoms with Crippen LogP contribution >= 0.6 is 0 Å². The van der Waals surface area contributed by atoms with Gasteiger partial charge in [-0.1, -0.05) is 12.1 Å². The van der Waals surface area contributed by atoms with Crippen molar-refractivity contribution in [1.82, 2.24) is 4.98 Å². The lowest BCUT2D eigenvalue weighted by molar-refractivity contribution is 0.219. The summed E-state index contributed by atoms with van der Waals surface area (Å²) < 4.78 is 5.12. The Morgan fingerprint density at radius 3 is 2.56 bits per heavy atom. The fourth-order valence-electron chi connectivity index (χ4n) is 1.55. The number of benzene rings is 1. The van der Waals surface area contributed by atoms with Gasteiger partial charge in [0, 0.05) is 12.4 Å². The van der Waals surface area contributed by atoms with Gasteiger partial charge in [-0.3, -0.25) is 4.98 Å². The van der Waals surface area contributed by atoms with Crippen LogP contribution < -0.4 is 4.74 Å². The van der Waals surface area contributed by atoms with Crippen LogP contribution in [-0.4, -0.2) is 17.2 Å². The first kappa shape index (κ1) is 10.6. The van der Waals surface area contributed by atoms with Crippen molar-refractivity contribution >= 4 is 0 Å². The number of rotatable bonds is 3. The zero-order valence-electron chi connectivity index (χ0n) is 9.00. The van der Waals surface area contributed by atoms with E-state index in [1.807, 2.05) is 24.3 Å². The van der Waals surface area contributed by atoms with Gasteiger partial charge in [-0.2, -0.15) is 0 Å². The standard InChI is InChI=1S/C13H13NO2/c1-16-12-4-2-3-11(9-12)13(15)10-5-7-14-8-6-10/h2-9,13,15H,1H3/t13-/m1/s1. The zero-order chi connectivity index (χ0) is 11.4. The molecule has 0 aliphatic rings. The lowest BCUT2D eigenvalue weighted by Crippen LogP contribution is -1.99. The van der Waals surface area contributed by atoms with Crippen LogP contribution in [0.4, 0.5) is 0 Å². The maximum atomic E-state index is 10.1. The number of hydrogen-bond acceptors (Lipinski definition) is 3. The highest BCUT2D eigenvalue weighted by Gasteiger charge is 2.10. The number of nitrogens with zero attached hydrogens (tertiary/aromatic N) is 1. The Morgan fingerprint density at radius 2 is 1.88 bits per heavy atom. The normalized spacial score (nSPS) is 12.1. The number of ether oxygens (including phenoxy) is 1. The summed E-state index contributed by atoms with van der Waals surface area (Å²) in [5.74, 6) is 0.741. The van der Waals surface area contributed by atoms with Gasteiger partial charge in [0.25, 0.3) is 0 Å². The molecule has 0 radical (unpaired) electrons. The van der Waals surface area contributed by atoms with Crippen LogP contribution in [0.3, 0.4) is 0 Å². The second-order valence-corrected chi connectivity index (χ2v) is 3.46. The van der Waals surface area contributed by atoms with Crippen LogP contribution in [0.2, 0.25) is 0 Å². The quantitative estimate of drug-likeness (QED) is 0.853. The highest BCUT2D eigenvalue weighted by Crippen LogP contribution is 2.24. The van der Waals surface area contributed by atoms with Crippen molar-refractivity contribution in [3.05, 3.63) is 59.9 Å². The number of aliphatic hydroxyl groups is 1. The Kier molecular flexibility index (Phi) is 3.17. The minimum Gasteiger partial charge on any atom is -0.497 e. The van der Waals surface area contributed by atoms with E-state index in [4.69, 9.17) is 4.74 Å². The molecule has 0 spiro atoms. The van der Waals surface area contributed by atoms with Crippen LogP contribution in [0.15, 0.2) is 48.8 Å². The van der Waals surface area contributed by atoms with Crippen molar-refractivity contribution in [3.63, 3.8) is 0 Å². The minimum absolute atomic E-state index is 0.641. The molecule has 0 unspecified atom stereocenters. The van der Waals surface area contributed by atoms with E-state index in [2.05, 4.69) is 4.98 Å². The van der Waals surface area contributed by atoms with Gasteiger partial charge >= 0.3 is 0 Å². The average molecular weight is 215 g/mol. The van der Waals surface area contributed by atoms with Crippen molar-refractivity contribution in [2.45, 2.75) is 6.10 Å². The molecule has 3 nitrogen and oxygen atoms in total. The van der Waals surface area contributed by atoms with Crippen LogP contribution in [0.5, 0.6) is 5.75 Å². The number of aromatic nitrogens is 1. The third-order valence-corrected chi connectivity index (χ3v) is 2.43. The molecular formula is C13H13NO2. The molecule has 0 saturated carbocycles. The van der Waals surface area contributed by atoms with Gasteiger partial charge in [0.1, 0.15) is 11.9 Å². The predicted octanol–water partition coefficient (Wildman–Crippen LogP) is 2.17. The smallest absolute Gasteiger partial charge is 0.119 e. The molecule has 0 aliphatic heterocycles. The van der Waals surface area contributed by atoms with Crippen molar-refractivity contribution in [1.29, 1.82) is 0 Å². The fourth-order valence-corrected chi connectivity index (χ4v) is 1.55. The summed E-state index contributed by atoms with van der Waals surface area (Å²) in [6.45, 7) is 0. The Hall–Kier alpha value is -1.87. The maximum Gasteiger partial charge on any atom is 0.119 e. The zero-order valence-corrected chi connectivity index (χ0v) is 9.00. The number of aliphatic hydroxyl groups excluding tert-OH is 1. The maximum absolute atomic E-state index is 10.1. The third-order valence-electron chi connectivity index (χ3n) is 2.43. The first-order valence-corrected chi connectivity index (χ1v) is 5.03. The molecule has 1 atom stereocenters. The Balaban J connectivity index is 2.30. The lowest BCUT2D eigenvalue weighted by Gasteiger charge is -2.11. The van der Waals surface area contributed by atoms with Gasteiger partial charge in [0.15, 0.2) is 0 Å². The monoisotopic (exact) mass is 215 g/mol. The van der Waals surface area contributed by atoms with E-state index in [9.17, 15) is 5.11 Å². The van der Waals surface area contributed by atoms with Crippen molar-refractivity contribution < 1.29 is 9.84 Å². The third kappa shape index (κ3) is 2.20. The summed E-state index contributed by atoms with van der Waals surface area (Å²) >= 11 is 0. The number of methoxy groups -OCH3 is 1. The minimum atomic E-state index is -0.641. The molecule has 1 aromatic heterocycles. The van der Waals surface area contributed by atoms with E-state index < -0.39 is 6.10 Å². The molecule has 3 heteroatoms. The first-order chi connectivity index (χ1) is 7.81. The Morgan fingerprint density at radius 1 is 1.12 bits per heavy atom. The van der Waals surface area contributed by atoms with E-state index in [0.29, 0.717) is 0 Å². The largest absolute Gasteiger partial charge is 0.497 e. The predicted molar refractivity (Wildman–Crippen MR) is 61.3 cm³/mol. The second-order valence-electron chi connectivity index (χ2n) is 3.46. The highest BCUT2D eigenvalue weighted by molar-refractivity contribution is 5.34. The summed E-state index contributed by atoms with van der Waals surface area (Å²) in [7, 11) is 1.61. The molecule has 0 saturated heterocycles. The van der Waals surface area contributed by atoms with Crippen molar-refractivity contribution in [2.75, 3.05) is 7.11 Å². The Labute approximate surface area is 94.3 Å². The average Bonchev–Trinajstić information content (AvgIpc) is 2.39. The van der Waals surface area contributed by atoms with E-state index in [-0.39, 0.29) is 0 Å². The van der Waals surface area contributed by atoms with Crippen LogP contribution in [0, 0.1) is 0 Å². The molecule has 1 heterocycles. The van der Waals surface area contributed by atoms with Gasteiger partial charge in [0.05, 0.1) is 7.11 Å². The first-order valence-electron chi connectivity index (χ1n) is 5.03. The summed E-state index contributed by atoms with van der Waals surface area (Å²) in [5, 5.41) is 10.1. The van der Waals surface area contributed by atoms with Crippen molar-refractivity contribution in [3.8, 4) is 5.75 Å². The molecule has 2 aromatic rings. The van der Waals surface area contributed by atoms with E-state index in [1.54, 1.807) is 31.6 Å². The Bertz CT molecular complexity index is 456. The molecule has 0 aliphatic carbocycles. The van der Waals surface area contributed by atoms with Gasteiger partial charge < -0.3 is 9.84 Å². The summed E-state index contributed by atoms with van der Waals surface area (Å²) in [6.07, 6.45) is 2.69. The fraction of sp³-hybridized carbons (Fsp3) is 0.154.